The number of rotatable bonds is 4. The second kappa shape index (κ2) is 5.66. The van der Waals surface area contributed by atoms with Gasteiger partial charge in [0.1, 0.15) is 6.04 Å². The maximum absolute atomic E-state index is 11.5. The van der Waals surface area contributed by atoms with Crippen molar-refractivity contribution in [2.24, 2.45) is 5.41 Å². The molecule has 3 nitrogen and oxygen atoms in total. The van der Waals surface area contributed by atoms with Gasteiger partial charge in [0.15, 0.2) is 0 Å². The highest BCUT2D eigenvalue weighted by molar-refractivity contribution is 5.76. The first-order valence-electron chi connectivity index (χ1n) is 4.77. The maximum atomic E-state index is 11.5. The van der Waals surface area contributed by atoms with Gasteiger partial charge in [0.25, 0.3) is 0 Å². The largest absolute Gasteiger partial charge is 0.465 e. The number of nitrogens with one attached hydrogen (secondary N) is 1. The number of hydrogen-bond acceptors (Lipinski definition) is 3. The highest BCUT2D eigenvalue weighted by atomic mass is 16.5. The molecule has 80 valence electrons. The fourth-order valence-corrected chi connectivity index (χ4v) is 1.13. The monoisotopic (exact) mass is 197 g/mol. The van der Waals surface area contributed by atoms with Gasteiger partial charge in [-0.1, -0.05) is 26.7 Å². The molecule has 0 rings (SSSR count). The number of carbonyl (C=O) groups excluding carboxylic acids is 1. The van der Waals surface area contributed by atoms with Gasteiger partial charge in [-0.3, -0.25) is 10.1 Å². The third-order valence-electron chi connectivity index (χ3n) is 1.80. The molecule has 0 aromatic carbocycles. The fourth-order valence-electron chi connectivity index (χ4n) is 1.13. The predicted octanol–water partition coefficient (Wildman–Crippen LogP) is 1.19. The van der Waals surface area contributed by atoms with E-state index in [-0.39, 0.29) is 17.4 Å². The minimum atomic E-state index is -0.349. The highest BCUT2D eigenvalue weighted by Crippen LogP contribution is 2.20. The minimum Gasteiger partial charge on any atom is -0.465 e. The molecule has 0 radical (unpaired) electrons. The molecule has 0 heterocycles. The van der Waals surface area contributed by atoms with Gasteiger partial charge < -0.3 is 4.74 Å². The summed E-state index contributed by atoms with van der Waals surface area (Å²) in [6.07, 6.45) is 5.13. The van der Waals surface area contributed by atoms with E-state index in [4.69, 9.17) is 11.2 Å². The van der Waals surface area contributed by atoms with Crippen LogP contribution in [-0.2, 0) is 9.53 Å². The standard InChI is InChI=1S/C11H19NO2/c1-6-8-12-9(11(3,4)5)10(13)14-7-2/h1,9,12H,7-8H2,2-5H3. The van der Waals surface area contributed by atoms with E-state index in [1.54, 1.807) is 6.92 Å². The summed E-state index contributed by atoms with van der Waals surface area (Å²) in [6, 6.07) is -0.349. The number of esters is 1. The van der Waals surface area contributed by atoms with Crippen LogP contribution in [0.2, 0.25) is 0 Å². The average molecular weight is 197 g/mol. The summed E-state index contributed by atoms with van der Waals surface area (Å²) >= 11 is 0. The van der Waals surface area contributed by atoms with Crippen LogP contribution in [0.4, 0.5) is 0 Å². The highest BCUT2D eigenvalue weighted by Gasteiger charge is 2.31. The molecule has 0 amide bonds. The van der Waals surface area contributed by atoms with Gasteiger partial charge in [-0.2, -0.15) is 0 Å². The Morgan fingerprint density at radius 2 is 2.14 bits per heavy atom. The smallest absolute Gasteiger partial charge is 0.323 e. The van der Waals surface area contributed by atoms with Crippen LogP contribution in [0.5, 0.6) is 0 Å². The lowest BCUT2D eigenvalue weighted by atomic mass is 9.87. The van der Waals surface area contributed by atoms with Gasteiger partial charge in [0.05, 0.1) is 13.2 Å². The Hall–Kier alpha value is -1.01. The molecule has 14 heavy (non-hydrogen) atoms. The molecule has 0 aliphatic rings. The molecule has 0 aliphatic heterocycles. The summed E-state index contributed by atoms with van der Waals surface area (Å²) in [6.45, 7) is 8.47. The van der Waals surface area contributed by atoms with Crippen molar-refractivity contribution in [3.05, 3.63) is 0 Å². The van der Waals surface area contributed by atoms with Crippen molar-refractivity contribution in [2.75, 3.05) is 13.2 Å². The first-order chi connectivity index (χ1) is 6.43. The maximum Gasteiger partial charge on any atom is 0.323 e. The van der Waals surface area contributed by atoms with E-state index in [0.29, 0.717) is 13.2 Å². The minimum absolute atomic E-state index is 0.191. The topological polar surface area (TPSA) is 38.3 Å². The molecule has 0 saturated carbocycles. The Morgan fingerprint density at radius 1 is 1.57 bits per heavy atom. The van der Waals surface area contributed by atoms with Crippen molar-refractivity contribution < 1.29 is 9.53 Å². The van der Waals surface area contributed by atoms with Gasteiger partial charge in [-0.25, -0.2) is 0 Å². The molecule has 0 aliphatic carbocycles. The van der Waals surface area contributed by atoms with Crippen LogP contribution in [0.3, 0.4) is 0 Å². The molecule has 1 N–H and O–H groups in total. The SMILES string of the molecule is C#CCNC(C(=O)OCC)C(C)(C)C. The Morgan fingerprint density at radius 3 is 2.50 bits per heavy atom. The van der Waals surface area contributed by atoms with Crippen molar-refractivity contribution >= 4 is 5.97 Å². The summed E-state index contributed by atoms with van der Waals surface area (Å²) < 4.78 is 4.96. The lowest BCUT2D eigenvalue weighted by molar-refractivity contribution is -0.148. The Labute approximate surface area is 86.2 Å². The summed E-state index contributed by atoms with van der Waals surface area (Å²) in [5, 5.41) is 2.98. The van der Waals surface area contributed by atoms with E-state index in [1.807, 2.05) is 20.8 Å². The quantitative estimate of drug-likeness (QED) is 0.543. The number of hydrogen-bond donors (Lipinski definition) is 1. The molecule has 3 heteroatoms. The predicted molar refractivity (Wildman–Crippen MR) is 56.7 cm³/mol. The second-order valence-electron chi connectivity index (χ2n) is 4.14. The Balaban J connectivity index is 4.41. The van der Waals surface area contributed by atoms with Crippen LogP contribution in [-0.4, -0.2) is 25.2 Å². The van der Waals surface area contributed by atoms with Crippen LogP contribution in [0, 0.1) is 17.8 Å². The fraction of sp³-hybridized carbons (Fsp3) is 0.727. The Kier molecular flexibility index (Phi) is 5.26. The molecule has 0 bridgehead atoms. The lowest BCUT2D eigenvalue weighted by Gasteiger charge is -2.28. The van der Waals surface area contributed by atoms with Crippen molar-refractivity contribution in [1.29, 1.82) is 0 Å². The number of carbonyl (C=O) groups is 1. The van der Waals surface area contributed by atoms with Gasteiger partial charge in [0, 0.05) is 0 Å². The normalized spacial score (nSPS) is 13.1. The van der Waals surface area contributed by atoms with E-state index in [1.165, 1.54) is 0 Å². The van der Waals surface area contributed by atoms with Crippen LogP contribution in [0.15, 0.2) is 0 Å². The van der Waals surface area contributed by atoms with Crippen molar-refractivity contribution in [3.8, 4) is 12.3 Å². The molecule has 0 aromatic rings. The Bertz CT molecular complexity index is 222. The zero-order valence-corrected chi connectivity index (χ0v) is 9.39. The first-order valence-corrected chi connectivity index (χ1v) is 4.77. The van der Waals surface area contributed by atoms with Crippen LogP contribution < -0.4 is 5.32 Å². The second-order valence-corrected chi connectivity index (χ2v) is 4.14. The van der Waals surface area contributed by atoms with E-state index in [0.717, 1.165) is 0 Å². The van der Waals surface area contributed by atoms with Crippen LogP contribution in [0.25, 0.3) is 0 Å². The van der Waals surface area contributed by atoms with Crippen molar-refractivity contribution in [3.63, 3.8) is 0 Å². The van der Waals surface area contributed by atoms with Crippen LogP contribution >= 0.6 is 0 Å². The van der Waals surface area contributed by atoms with E-state index < -0.39 is 0 Å². The van der Waals surface area contributed by atoms with Crippen molar-refractivity contribution in [2.45, 2.75) is 33.7 Å². The zero-order valence-electron chi connectivity index (χ0n) is 9.39. The number of terminal acetylenes is 1. The molecular weight excluding hydrogens is 178 g/mol. The van der Waals surface area contributed by atoms with Gasteiger partial charge in [0.2, 0.25) is 0 Å². The molecule has 0 spiro atoms. The van der Waals surface area contributed by atoms with Gasteiger partial charge in [-0.15, -0.1) is 6.42 Å². The summed E-state index contributed by atoms with van der Waals surface area (Å²) in [4.78, 5) is 11.5. The van der Waals surface area contributed by atoms with E-state index >= 15 is 0 Å². The van der Waals surface area contributed by atoms with E-state index in [2.05, 4.69) is 11.2 Å². The lowest BCUT2D eigenvalue weighted by Crippen LogP contribution is -2.47. The summed E-state index contributed by atoms with van der Waals surface area (Å²) in [5.74, 6) is 2.21. The average Bonchev–Trinajstić information content (AvgIpc) is 2.03. The molecule has 1 atom stereocenters. The van der Waals surface area contributed by atoms with Gasteiger partial charge >= 0.3 is 5.97 Å². The zero-order chi connectivity index (χ0) is 11.2. The first kappa shape index (κ1) is 13.0. The van der Waals surface area contributed by atoms with Crippen LogP contribution in [0.1, 0.15) is 27.7 Å². The van der Waals surface area contributed by atoms with E-state index in [9.17, 15) is 4.79 Å². The summed E-state index contributed by atoms with van der Waals surface area (Å²) in [7, 11) is 0. The molecule has 0 aromatic heterocycles. The number of ether oxygens (including phenoxy) is 1. The molecule has 0 saturated heterocycles. The van der Waals surface area contributed by atoms with Crippen molar-refractivity contribution in [1.82, 2.24) is 5.32 Å². The molecule has 0 fully saturated rings. The molecule has 1 unspecified atom stereocenters. The molecular formula is C11H19NO2. The summed E-state index contributed by atoms with van der Waals surface area (Å²) in [5.41, 5.74) is -0.191. The van der Waals surface area contributed by atoms with Gasteiger partial charge in [-0.05, 0) is 12.3 Å². The third-order valence-corrected chi connectivity index (χ3v) is 1.80. The third kappa shape index (κ3) is 4.29.